The van der Waals surface area contributed by atoms with Gasteiger partial charge in [-0.2, -0.15) is 0 Å². The maximum atomic E-state index is 12.9. The Balaban J connectivity index is 1.38. The van der Waals surface area contributed by atoms with Crippen LogP contribution >= 0.6 is 0 Å². The van der Waals surface area contributed by atoms with Crippen LogP contribution in [0.25, 0.3) is 22.6 Å². The third kappa shape index (κ3) is 4.89. The predicted molar refractivity (Wildman–Crippen MR) is 137 cm³/mol. The van der Waals surface area contributed by atoms with Crippen LogP contribution in [0.4, 0.5) is 17.1 Å². The average Bonchev–Trinajstić information content (AvgIpc) is 3.36. The molecular weight excluding hydrogens is 480 g/mol. The van der Waals surface area contributed by atoms with Crippen molar-refractivity contribution >= 4 is 34.1 Å². The van der Waals surface area contributed by atoms with Crippen LogP contribution in [0.3, 0.4) is 0 Å². The molecule has 1 aromatic heterocycles. The van der Waals surface area contributed by atoms with Gasteiger partial charge in [0.05, 0.1) is 32.4 Å². The van der Waals surface area contributed by atoms with Gasteiger partial charge in [-0.05, 0) is 48.5 Å². The number of aromatic nitrogens is 1. The smallest absolute Gasteiger partial charge is 0.293 e. The van der Waals surface area contributed by atoms with Crippen molar-refractivity contribution in [2.45, 2.75) is 0 Å². The summed E-state index contributed by atoms with van der Waals surface area (Å²) in [7, 11) is 3.11. The minimum Gasteiger partial charge on any atom is -0.493 e. The first-order valence-corrected chi connectivity index (χ1v) is 11.5. The molecule has 0 bridgehead atoms. The molecule has 1 fully saturated rings. The number of carbonyl (C=O) groups is 1. The molecule has 11 heteroatoms. The lowest BCUT2D eigenvalue weighted by Crippen LogP contribution is -2.36. The monoisotopic (exact) mass is 504 g/mol. The lowest BCUT2D eigenvalue weighted by molar-refractivity contribution is -0.384. The highest BCUT2D eigenvalue weighted by Gasteiger charge is 2.23. The normalized spacial score (nSPS) is 13.4. The molecule has 1 aliphatic rings. The number of anilines is 2. The molecule has 0 saturated carbocycles. The number of hydrogen-bond acceptors (Lipinski definition) is 9. The molecule has 5 rings (SSSR count). The van der Waals surface area contributed by atoms with Crippen molar-refractivity contribution in [1.82, 2.24) is 4.98 Å². The number of ether oxygens (including phenoxy) is 3. The van der Waals surface area contributed by atoms with E-state index in [-0.39, 0.29) is 11.3 Å². The maximum absolute atomic E-state index is 12.9. The number of oxazole rings is 1. The SMILES string of the molecule is COc1ccc(-c2nc3cc(NC(=O)c4ccc(N5CCOCC5)c([N+](=O)[O-])c4)ccc3o2)cc1OC. The fraction of sp³-hybridized carbons (Fsp3) is 0.231. The molecule has 0 atom stereocenters. The number of methoxy groups -OCH3 is 2. The predicted octanol–water partition coefficient (Wildman–Crippen LogP) is 4.51. The molecule has 1 N–H and O–H groups in total. The van der Waals surface area contributed by atoms with Gasteiger partial charge >= 0.3 is 0 Å². The standard InChI is InChI=1S/C26H24N4O7/c1-34-23-7-4-17(14-24(23)35-2)26-28-19-15-18(5-8-22(19)37-26)27-25(31)16-3-6-20(21(13-16)30(32)33)29-9-11-36-12-10-29/h3-8,13-15H,9-12H2,1-2H3,(H,27,31). The highest BCUT2D eigenvalue weighted by Crippen LogP contribution is 2.34. The molecule has 1 amide bonds. The molecule has 190 valence electrons. The van der Waals surface area contributed by atoms with Crippen molar-refractivity contribution < 1.29 is 28.3 Å². The van der Waals surface area contributed by atoms with Gasteiger partial charge in [0, 0.05) is 36.0 Å². The molecule has 0 unspecified atom stereocenters. The number of nitrogens with one attached hydrogen (secondary N) is 1. The third-order valence-corrected chi connectivity index (χ3v) is 6.06. The Kier molecular flexibility index (Phi) is 6.60. The largest absolute Gasteiger partial charge is 0.493 e. The average molecular weight is 504 g/mol. The summed E-state index contributed by atoms with van der Waals surface area (Å²) in [5, 5.41) is 14.5. The van der Waals surface area contributed by atoms with Gasteiger partial charge in [0.25, 0.3) is 11.6 Å². The number of rotatable bonds is 7. The molecule has 37 heavy (non-hydrogen) atoms. The fourth-order valence-electron chi connectivity index (χ4n) is 4.18. The second kappa shape index (κ2) is 10.2. The zero-order valence-electron chi connectivity index (χ0n) is 20.2. The minimum absolute atomic E-state index is 0.124. The molecule has 2 heterocycles. The summed E-state index contributed by atoms with van der Waals surface area (Å²) in [4.78, 5) is 30.6. The van der Waals surface area contributed by atoms with E-state index < -0.39 is 10.8 Å². The molecule has 1 saturated heterocycles. The topological polar surface area (TPSA) is 129 Å². The quantitative estimate of drug-likeness (QED) is 0.285. The molecule has 3 aromatic carbocycles. The number of nitro groups is 1. The van der Waals surface area contributed by atoms with Crippen LogP contribution in [0.15, 0.2) is 59.0 Å². The minimum atomic E-state index is -0.473. The summed E-state index contributed by atoms with van der Waals surface area (Å²) in [5.74, 6) is 1.04. The lowest BCUT2D eigenvalue weighted by Gasteiger charge is -2.28. The summed E-state index contributed by atoms with van der Waals surface area (Å²) < 4.78 is 21.8. The van der Waals surface area contributed by atoms with Crippen LogP contribution in [0.5, 0.6) is 11.5 Å². The van der Waals surface area contributed by atoms with Crippen LogP contribution in [-0.4, -0.2) is 56.3 Å². The van der Waals surface area contributed by atoms with Gasteiger partial charge in [0.15, 0.2) is 17.1 Å². The molecular formula is C26H24N4O7. The zero-order chi connectivity index (χ0) is 25.9. The zero-order valence-corrected chi connectivity index (χ0v) is 20.2. The van der Waals surface area contributed by atoms with E-state index in [2.05, 4.69) is 10.3 Å². The summed E-state index contributed by atoms with van der Waals surface area (Å²) >= 11 is 0. The number of morpholine rings is 1. The Morgan fingerprint density at radius 3 is 2.54 bits per heavy atom. The van der Waals surface area contributed by atoms with Gasteiger partial charge in [-0.25, -0.2) is 4.98 Å². The fourth-order valence-corrected chi connectivity index (χ4v) is 4.18. The molecule has 0 aliphatic carbocycles. The van der Waals surface area contributed by atoms with E-state index >= 15 is 0 Å². The van der Waals surface area contributed by atoms with Gasteiger partial charge in [0.1, 0.15) is 11.2 Å². The highest BCUT2D eigenvalue weighted by molar-refractivity contribution is 6.05. The molecule has 4 aromatic rings. The second-order valence-electron chi connectivity index (χ2n) is 8.29. The number of nitrogens with zero attached hydrogens (tertiary/aromatic N) is 3. The Labute approximate surface area is 211 Å². The van der Waals surface area contributed by atoms with Crippen LogP contribution < -0.4 is 19.7 Å². The Bertz CT molecular complexity index is 1480. The number of hydrogen-bond donors (Lipinski definition) is 1. The first-order chi connectivity index (χ1) is 18.0. The first-order valence-electron chi connectivity index (χ1n) is 11.5. The van der Waals surface area contributed by atoms with Gasteiger partial charge < -0.3 is 28.8 Å². The number of fused-ring (bicyclic) bond motifs is 1. The van der Waals surface area contributed by atoms with Crippen molar-refractivity contribution in [1.29, 1.82) is 0 Å². The number of nitro benzene ring substituents is 1. The van der Waals surface area contributed by atoms with E-state index in [0.29, 0.717) is 71.7 Å². The molecule has 0 radical (unpaired) electrons. The van der Waals surface area contributed by atoms with E-state index in [1.54, 1.807) is 56.7 Å². The van der Waals surface area contributed by atoms with Crippen molar-refractivity contribution in [3.63, 3.8) is 0 Å². The van der Waals surface area contributed by atoms with Gasteiger partial charge in [-0.1, -0.05) is 0 Å². The van der Waals surface area contributed by atoms with E-state index in [0.717, 1.165) is 0 Å². The molecule has 11 nitrogen and oxygen atoms in total. The van der Waals surface area contributed by atoms with E-state index in [1.165, 1.54) is 6.07 Å². The first kappa shape index (κ1) is 24.1. The van der Waals surface area contributed by atoms with Crippen LogP contribution in [-0.2, 0) is 4.74 Å². The summed E-state index contributed by atoms with van der Waals surface area (Å²) in [6.07, 6.45) is 0. The number of carbonyl (C=O) groups excluding carboxylic acids is 1. The van der Waals surface area contributed by atoms with Crippen molar-refractivity contribution in [2.75, 3.05) is 50.7 Å². The van der Waals surface area contributed by atoms with Crippen molar-refractivity contribution in [3.05, 3.63) is 70.3 Å². The second-order valence-corrected chi connectivity index (χ2v) is 8.29. The summed E-state index contributed by atoms with van der Waals surface area (Å²) in [6.45, 7) is 2.10. The van der Waals surface area contributed by atoms with Gasteiger partial charge in [-0.3, -0.25) is 14.9 Å². The maximum Gasteiger partial charge on any atom is 0.293 e. The van der Waals surface area contributed by atoms with E-state index in [4.69, 9.17) is 18.6 Å². The van der Waals surface area contributed by atoms with Crippen molar-refractivity contribution in [2.24, 2.45) is 0 Å². The third-order valence-electron chi connectivity index (χ3n) is 6.06. The summed E-state index contributed by atoms with van der Waals surface area (Å²) in [5.41, 5.74) is 2.77. The Morgan fingerprint density at radius 2 is 1.81 bits per heavy atom. The molecule has 1 aliphatic heterocycles. The lowest BCUT2D eigenvalue weighted by atomic mass is 10.1. The van der Waals surface area contributed by atoms with Crippen LogP contribution in [0, 0.1) is 10.1 Å². The van der Waals surface area contributed by atoms with Crippen molar-refractivity contribution in [3.8, 4) is 23.0 Å². The number of benzene rings is 3. The Morgan fingerprint density at radius 1 is 1.03 bits per heavy atom. The molecule has 0 spiro atoms. The van der Waals surface area contributed by atoms with Gasteiger partial charge in [-0.15, -0.1) is 0 Å². The van der Waals surface area contributed by atoms with E-state index in [9.17, 15) is 14.9 Å². The van der Waals surface area contributed by atoms with Crippen LogP contribution in [0.1, 0.15) is 10.4 Å². The highest BCUT2D eigenvalue weighted by atomic mass is 16.6. The summed E-state index contributed by atoms with van der Waals surface area (Å²) in [6, 6.07) is 14.9. The van der Waals surface area contributed by atoms with Crippen LogP contribution in [0.2, 0.25) is 0 Å². The Hall–Kier alpha value is -4.64. The number of amides is 1. The van der Waals surface area contributed by atoms with E-state index in [1.807, 2.05) is 11.0 Å². The van der Waals surface area contributed by atoms with Gasteiger partial charge in [0.2, 0.25) is 5.89 Å².